The van der Waals surface area contributed by atoms with Crippen LogP contribution in [0.1, 0.15) is 24.5 Å². The number of nitrogens with one attached hydrogen (secondary N) is 1. The minimum Gasteiger partial charge on any atom is -0.483 e. The van der Waals surface area contributed by atoms with Crippen LogP contribution in [0, 0.1) is 13.8 Å². The fraction of sp³-hybridized carbons (Fsp3) is 0.579. The van der Waals surface area contributed by atoms with E-state index < -0.39 is 0 Å². The molecule has 1 aromatic carbocycles. The van der Waals surface area contributed by atoms with E-state index in [2.05, 4.69) is 10.2 Å². The van der Waals surface area contributed by atoms with Crippen molar-refractivity contribution < 1.29 is 14.3 Å². The van der Waals surface area contributed by atoms with Gasteiger partial charge in [0.15, 0.2) is 6.61 Å². The van der Waals surface area contributed by atoms with Crippen LogP contribution in [0.15, 0.2) is 18.2 Å². The van der Waals surface area contributed by atoms with Gasteiger partial charge in [0.05, 0.1) is 6.54 Å². The summed E-state index contributed by atoms with van der Waals surface area (Å²) in [5, 5.41) is 2.88. The lowest BCUT2D eigenvalue weighted by Crippen LogP contribution is -2.52. The van der Waals surface area contributed by atoms with Gasteiger partial charge in [-0.3, -0.25) is 14.5 Å². The summed E-state index contributed by atoms with van der Waals surface area (Å²) in [5.41, 5.74) is 2.14. The van der Waals surface area contributed by atoms with Crippen LogP contribution >= 0.6 is 0 Å². The first-order valence-corrected chi connectivity index (χ1v) is 8.96. The minimum absolute atomic E-state index is 0.00371. The highest BCUT2D eigenvalue weighted by atomic mass is 16.5. The number of hydrogen-bond donors (Lipinski definition) is 1. The molecule has 0 spiro atoms. The van der Waals surface area contributed by atoms with Crippen molar-refractivity contribution in [1.29, 1.82) is 0 Å². The molecule has 0 aromatic heterocycles. The molecule has 2 rings (SSSR count). The highest BCUT2D eigenvalue weighted by molar-refractivity contribution is 5.79. The number of piperazine rings is 1. The summed E-state index contributed by atoms with van der Waals surface area (Å²) in [7, 11) is 0. The molecule has 6 nitrogen and oxygen atoms in total. The van der Waals surface area contributed by atoms with Crippen LogP contribution in [0.3, 0.4) is 0 Å². The summed E-state index contributed by atoms with van der Waals surface area (Å²) in [6.45, 7) is 9.89. The van der Waals surface area contributed by atoms with Gasteiger partial charge in [0.2, 0.25) is 5.91 Å². The molecule has 2 amide bonds. The molecule has 0 atom stereocenters. The van der Waals surface area contributed by atoms with Gasteiger partial charge in [-0.1, -0.05) is 19.1 Å². The lowest BCUT2D eigenvalue weighted by molar-refractivity contribution is -0.135. The molecular formula is C19H29N3O3. The Kier molecular flexibility index (Phi) is 7.25. The standard InChI is InChI=1S/C19H29N3O3/c1-4-7-20-18(23)13-21-8-10-22(11-9-21)19(24)14-25-17-12-15(2)5-6-16(17)3/h5-6,12H,4,7-11,13-14H2,1-3H3,(H,20,23). The molecule has 1 aliphatic heterocycles. The maximum Gasteiger partial charge on any atom is 0.260 e. The minimum atomic E-state index is -0.00371. The number of nitrogens with zero attached hydrogens (tertiary/aromatic N) is 2. The number of amides is 2. The van der Waals surface area contributed by atoms with Crippen molar-refractivity contribution in [2.24, 2.45) is 0 Å². The molecule has 1 aliphatic rings. The third-order valence-corrected chi connectivity index (χ3v) is 4.36. The highest BCUT2D eigenvalue weighted by Crippen LogP contribution is 2.19. The van der Waals surface area contributed by atoms with Crippen molar-refractivity contribution in [2.45, 2.75) is 27.2 Å². The summed E-state index contributed by atoms with van der Waals surface area (Å²) >= 11 is 0. The topological polar surface area (TPSA) is 61.9 Å². The Hall–Kier alpha value is -2.08. The maximum absolute atomic E-state index is 12.3. The van der Waals surface area contributed by atoms with Crippen molar-refractivity contribution in [3.63, 3.8) is 0 Å². The summed E-state index contributed by atoms with van der Waals surface area (Å²) in [6, 6.07) is 5.98. The smallest absolute Gasteiger partial charge is 0.260 e. The monoisotopic (exact) mass is 347 g/mol. The molecule has 138 valence electrons. The van der Waals surface area contributed by atoms with Crippen molar-refractivity contribution in [3.05, 3.63) is 29.3 Å². The first-order valence-electron chi connectivity index (χ1n) is 8.96. The number of ether oxygens (including phenoxy) is 1. The highest BCUT2D eigenvalue weighted by Gasteiger charge is 2.22. The van der Waals surface area contributed by atoms with Crippen LogP contribution in [0.4, 0.5) is 0 Å². The Labute approximate surface area is 150 Å². The quantitative estimate of drug-likeness (QED) is 0.809. The molecule has 0 radical (unpaired) electrons. The first-order chi connectivity index (χ1) is 12.0. The van der Waals surface area contributed by atoms with Gasteiger partial charge in [-0.2, -0.15) is 0 Å². The van der Waals surface area contributed by atoms with Gasteiger partial charge in [-0.15, -0.1) is 0 Å². The van der Waals surface area contributed by atoms with E-state index in [0.29, 0.717) is 26.2 Å². The Balaban J connectivity index is 1.74. The van der Waals surface area contributed by atoms with Gasteiger partial charge in [0, 0.05) is 32.7 Å². The summed E-state index contributed by atoms with van der Waals surface area (Å²) in [6.07, 6.45) is 0.939. The van der Waals surface area contributed by atoms with Gasteiger partial charge < -0.3 is 15.0 Å². The SMILES string of the molecule is CCCNC(=O)CN1CCN(C(=O)COc2cc(C)ccc2C)CC1. The van der Waals surface area contributed by atoms with E-state index >= 15 is 0 Å². The fourth-order valence-electron chi connectivity index (χ4n) is 2.77. The second-order valence-corrected chi connectivity index (χ2v) is 6.56. The molecule has 25 heavy (non-hydrogen) atoms. The van der Waals surface area contributed by atoms with Crippen LogP contribution in [0.2, 0.25) is 0 Å². The lowest BCUT2D eigenvalue weighted by atomic mass is 10.1. The number of carbonyl (C=O) groups excluding carboxylic acids is 2. The maximum atomic E-state index is 12.3. The van der Waals surface area contributed by atoms with E-state index in [4.69, 9.17) is 4.74 Å². The fourth-order valence-corrected chi connectivity index (χ4v) is 2.77. The van der Waals surface area contributed by atoms with Gasteiger partial charge in [-0.25, -0.2) is 0 Å². The third kappa shape index (κ3) is 6.05. The Bertz CT molecular complexity index is 596. The molecular weight excluding hydrogens is 318 g/mol. The average molecular weight is 347 g/mol. The molecule has 0 aliphatic carbocycles. The molecule has 1 fully saturated rings. The molecule has 1 saturated heterocycles. The number of rotatable bonds is 7. The number of carbonyl (C=O) groups is 2. The zero-order valence-corrected chi connectivity index (χ0v) is 15.5. The Morgan fingerprint density at radius 3 is 2.56 bits per heavy atom. The molecule has 1 N–H and O–H groups in total. The predicted molar refractivity (Wildman–Crippen MR) is 97.7 cm³/mol. The van der Waals surface area contributed by atoms with Crippen LogP contribution in [-0.2, 0) is 9.59 Å². The van der Waals surface area contributed by atoms with Crippen LogP contribution in [0.5, 0.6) is 5.75 Å². The van der Waals surface area contributed by atoms with E-state index in [1.807, 2.05) is 43.9 Å². The Morgan fingerprint density at radius 1 is 1.16 bits per heavy atom. The molecule has 0 bridgehead atoms. The zero-order valence-electron chi connectivity index (χ0n) is 15.5. The first kappa shape index (κ1) is 19.2. The van der Waals surface area contributed by atoms with E-state index in [-0.39, 0.29) is 18.4 Å². The van der Waals surface area contributed by atoms with Crippen molar-refractivity contribution in [2.75, 3.05) is 45.9 Å². The normalized spacial score (nSPS) is 15.1. The van der Waals surface area contributed by atoms with E-state index in [1.165, 1.54) is 0 Å². The second-order valence-electron chi connectivity index (χ2n) is 6.56. The van der Waals surface area contributed by atoms with E-state index in [1.54, 1.807) is 0 Å². The van der Waals surface area contributed by atoms with Crippen molar-refractivity contribution >= 4 is 11.8 Å². The number of aryl methyl sites for hydroxylation is 2. The van der Waals surface area contributed by atoms with Gasteiger partial charge in [0.25, 0.3) is 5.91 Å². The van der Waals surface area contributed by atoms with Gasteiger partial charge >= 0.3 is 0 Å². The summed E-state index contributed by atoms with van der Waals surface area (Å²) in [5.74, 6) is 0.815. The van der Waals surface area contributed by atoms with Crippen molar-refractivity contribution in [1.82, 2.24) is 15.1 Å². The second kappa shape index (κ2) is 9.42. The third-order valence-electron chi connectivity index (χ3n) is 4.36. The van der Waals surface area contributed by atoms with Crippen LogP contribution < -0.4 is 10.1 Å². The summed E-state index contributed by atoms with van der Waals surface area (Å²) in [4.78, 5) is 28.0. The number of hydrogen-bond acceptors (Lipinski definition) is 4. The van der Waals surface area contributed by atoms with E-state index in [0.717, 1.165) is 36.4 Å². The largest absolute Gasteiger partial charge is 0.483 e. The van der Waals surface area contributed by atoms with Crippen LogP contribution in [0.25, 0.3) is 0 Å². The number of benzene rings is 1. The van der Waals surface area contributed by atoms with Crippen LogP contribution in [-0.4, -0.2) is 67.5 Å². The summed E-state index contributed by atoms with van der Waals surface area (Å²) < 4.78 is 5.70. The molecule has 0 saturated carbocycles. The predicted octanol–water partition coefficient (Wildman–Crippen LogP) is 1.35. The Morgan fingerprint density at radius 2 is 1.88 bits per heavy atom. The zero-order chi connectivity index (χ0) is 18.2. The van der Waals surface area contributed by atoms with Crippen molar-refractivity contribution in [3.8, 4) is 5.75 Å². The molecule has 0 unspecified atom stereocenters. The molecule has 6 heteroatoms. The van der Waals surface area contributed by atoms with Gasteiger partial charge in [-0.05, 0) is 37.5 Å². The van der Waals surface area contributed by atoms with Gasteiger partial charge in [0.1, 0.15) is 5.75 Å². The van der Waals surface area contributed by atoms with E-state index in [9.17, 15) is 9.59 Å². The average Bonchev–Trinajstić information content (AvgIpc) is 2.61. The lowest BCUT2D eigenvalue weighted by Gasteiger charge is -2.34. The molecule has 1 aromatic rings. The molecule has 1 heterocycles.